The van der Waals surface area contributed by atoms with E-state index in [2.05, 4.69) is 31.4 Å². The second-order valence-corrected chi connectivity index (χ2v) is 5.55. The highest BCUT2D eigenvalue weighted by atomic mass is 16.5. The smallest absolute Gasteiger partial charge is 0.319 e. The van der Waals surface area contributed by atoms with E-state index in [0.717, 1.165) is 17.0 Å². The first kappa shape index (κ1) is 14.4. The standard InChI is InChI=1S/C14H22N2O2/c1-10-8-11(6-7-12(10)18-5)16-13(17)15-9-14(2,3)4/h6-8H,9H2,1-5H3,(H2,15,16,17). The quantitative estimate of drug-likeness (QED) is 0.865. The maximum atomic E-state index is 11.7. The first-order valence-corrected chi connectivity index (χ1v) is 6.01. The fourth-order valence-electron chi connectivity index (χ4n) is 1.48. The van der Waals surface area contributed by atoms with Crippen molar-refractivity contribution in [3.63, 3.8) is 0 Å². The molecule has 0 atom stereocenters. The van der Waals surface area contributed by atoms with E-state index in [0.29, 0.717) is 6.54 Å². The van der Waals surface area contributed by atoms with Gasteiger partial charge < -0.3 is 15.4 Å². The summed E-state index contributed by atoms with van der Waals surface area (Å²) in [6, 6.07) is 5.36. The summed E-state index contributed by atoms with van der Waals surface area (Å²) in [5.74, 6) is 0.815. The summed E-state index contributed by atoms with van der Waals surface area (Å²) >= 11 is 0. The number of benzene rings is 1. The minimum atomic E-state index is -0.186. The normalized spacial score (nSPS) is 10.9. The van der Waals surface area contributed by atoms with Crippen LogP contribution in [0.15, 0.2) is 18.2 Å². The van der Waals surface area contributed by atoms with E-state index in [9.17, 15) is 4.79 Å². The van der Waals surface area contributed by atoms with E-state index in [1.165, 1.54) is 0 Å². The molecule has 0 aliphatic rings. The van der Waals surface area contributed by atoms with Crippen molar-refractivity contribution in [3.8, 4) is 5.75 Å². The highest BCUT2D eigenvalue weighted by Crippen LogP contribution is 2.21. The molecule has 1 aromatic carbocycles. The first-order valence-electron chi connectivity index (χ1n) is 6.01. The largest absolute Gasteiger partial charge is 0.496 e. The molecular weight excluding hydrogens is 228 g/mol. The van der Waals surface area contributed by atoms with Gasteiger partial charge in [0.15, 0.2) is 0 Å². The van der Waals surface area contributed by atoms with Crippen molar-refractivity contribution in [2.24, 2.45) is 5.41 Å². The molecule has 0 radical (unpaired) electrons. The Kier molecular flexibility index (Phi) is 4.59. The molecule has 0 fully saturated rings. The Morgan fingerprint density at radius 2 is 2.00 bits per heavy atom. The zero-order valence-electron chi connectivity index (χ0n) is 11.8. The molecule has 0 aliphatic heterocycles. The van der Waals surface area contributed by atoms with Gasteiger partial charge in [-0.3, -0.25) is 0 Å². The summed E-state index contributed by atoms with van der Waals surface area (Å²) in [6.07, 6.45) is 0. The van der Waals surface area contributed by atoms with E-state index in [1.54, 1.807) is 7.11 Å². The highest BCUT2D eigenvalue weighted by Gasteiger charge is 2.12. The third kappa shape index (κ3) is 4.65. The van der Waals surface area contributed by atoms with Crippen molar-refractivity contribution in [2.45, 2.75) is 27.7 Å². The van der Waals surface area contributed by atoms with Crippen molar-refractivity contribution in [1.82, 2.24) is 5.32 Å². The predicted octanol–water partition coefficient (Wildman–Crippen LogP) is 3.17. The van der Waals surface area contributed by atoms with Crippen LogP contribution in [0.25, 0.3) is 0 Å². The van der Waals surface area contributed by atoms with Crippen LogP contribution in [0.2, 0.25) is 0 Å². The lowest BCUT2D eigenvalue weighted by molar-refractivity contribution is 0.247. The van der Waals surface area contributed by atoms with Gasteiger partial charge in [0.05, 0.1) is 7.11 Å². The number of ether oxygens (including phenoxy) is 1. The van der Waals surface area contributed by atoms with Gasteiger partial charge in [0.25, 0.3) is 0 Å². The van der Waals surface area contributed by atoms with Crippen LogP contribution in [0, 0.1) is 12.3 Å². The Morgan fingerprint density at radius 3 is 2.50 bits per heavy atom. The highest BCUT2D eigenvalue weighted by molar-refractivity contribution is 5.89. The van der Waals surface area contributed by atoms with Gasteiger partial charge in [-0.15, -0.1) is 0 Å². The van der Waals surface area contributed by atoms with E-state index in [4.69, 9.17) is 4.74 Å². The van der Waals surface area contributed by atoms with Crippen LogP contribution in [-0.4, -0.2) is 19.7 Å². The summed E-state index contributed by atoms with van der Waals surface area (Å²) in [4.78, 5) is 11.7. The van der Waals surface area contributed by atoms with Gasteiger partial charge in [-0.05, 0) is 36.1 Å². The van der Waals surface area contributed by atoms with Crippen LogP contribution in [0.4, 0.5) is 10.5 Å². The molecule has 2 amide bonds. The number of amides is 2. The van der Waals surface area contributed by atoms with Crippen molar-refractivity contribution in [2.75, 3.05) is 19.0 Å². The van der Waals surface area contributed by atoms with Gasteiger partial charge in [-0.2, -0.15) is 0 Å². The fourth-order valence-corrected chi connectivity index (χ4v) is 1.48. The van der Waals surface area contributed by atoms with Crippen molar-refractivity contribution in [1.29, 1.82) is 0 Å². The molecule has 0 heterocycles. The van der Waals surface area contributed by atoms with Crippen molar-refractivity contribution < 1.29 is 9.53 Å². The van der Waals surface area contributed by atoms with Gasteiger partial charge in [0, 0.05) is 12.2 Å². The number of hydrogen-bond donors (Lipinski definition) is 2. The number of anilines is 1. The molecule has 4 heteroatoms. The topological polar surface area (TPSA) is 50.4 Å². The maximum absolute atomic E-state index is 11.7. The summed E-state index contributed by atoms with van der Waals surface area (Å²) in [5.41, 5.74) is 1.83. The zero-order chi connectivity index (χ0) is 13.8. The molecule has 0 aliphatic carbocycles. The molecule has 100 valence electrons. The van der Waals surface area contributed by atoms with E-state index < -0.39 is 0 Å². The predicted molar refractivity (Wildman–Crippen MR) is 74.2 cm³/mol. The lowest BCUT2D eigenvalue weighted by Gasteiger charge is -2.19. The van der Waals surface area contributed by atoms with Gasteiger partial charge in [0.1, 0.15) is 5.75 Å². The molecular formula is C14H22N2O2. The molecule has 0 bridgehead atoms. The Bertz CT molecular complexity index is 422. The summed E-state index contributed by atoms with van der Waals surface area (Å²) in [6.45, 7) is 8.80. The number of rotatable bonds is 3. The van der Waals surface area contributed by atoms with Gasteiger partial charge in [0.2, 0.25) is 0 Å². The van der Waals surface area contributed by atoms with Crippen LogP contribution in [-0.2, 0) is 0 Å². The van der Waals surface area contributed by atoms with E-state index in [-0.39, 0.29) is 11.4 Å². The maximum Gasteiger partial charge on any atom is 0.319 e. The Morgan fingerprint density at radius 1 is 1.33 bits per heavy atom. The lowest BCUT2D eigenvalue weighted by Crippen LogP contribution is -2.35. The zero-order valence-corrected chi connectivity index (χ0v) is 11.8. The van der Waals surface area contributed by atoms with Crippen molar-refractivity contribution >= 4 is 11.7 Å². The van der Waals surface area contributed by atoms with Gasteiger partial charge >= 0.3 is 6.03 Å². The fraction of sp³-hybridized carbons (Fsp3) is 0.500. The second-order valence-electron chi connectivity index (χ2n) is 5.55. The number of nitrogens with one attached hydrogen (secondary N) is 2. The number of aryl methyl sites for hydroxylation is 1. The van der Waals surface area contributed by atoms with Gasteiger partial charge in [-0.1, -0.05) is 20.8 Å². The lowest BCUT2D eigenvalue weighted by atomic mass is 9.97. The molecule has 1 rings (SSSR count). The van der Waals surface area contributed by atoms with Crippen LogP contribution >= 0.6 is 0 Å². The second kappa shape index (κ2) is 5.76. The summed E-state index contributed by atoms with van der Waals surface area (Å²) in [7, 11) is 1.63. The number of methoxy groups -OCH3 is 1. The molecule has 0 unspecified atom stereocenters. The third-order valence-electron chi connectivity index (χ3n) is 2.43. The van der Waals surface area contributed by atoms with Crippen molar-refractivity contribution in [3.05, 3.63) is 23.8 Å². The van der Waals surface area contributed by atoms with E-state index >= 15 is 0 Å². The Hall–Kier alpha value is -1.71. The molecule has 2 N–H and O–H groups in total. The SMILES string of the molecule is COc1ccc(NC(=O)NCC(C)(C)C)cc1C. The number of carbonyl (C=O) groups is 1. The summed E-state index contributed by atoms with van der Waals surface area (Å²) in [5, 5.41) is 5.64. The van der Waals surface area contributed by atoms with Gasteiger partial charge in [-0.25, -0.2) is 4.79 Å². The van der Waals surface area contributed by atoms with Crippen LogP contribution in [0.1, 0.15) is 26.3 Å². The number of urea groups is 1. The number of carbonyl (C=O) groups excluding carboxylic acids is 1. The first-order chi connectivity index (χ1) is 8.31. The molecule has 4 nitrogen and oxygen atoms in total. The number of hydrogen-bond acceptors (Lipinski definition) is 2. The molecule has 0 aromatic heterocycles. The molecule has 0 saturated heterocycles. The third-order valence-corrected chi connectivity index (χ3v) is 2.43. The Labute approximate surface area is 109 Å². The summed E-state index contributed by atoms with van der Waals surface area (Å²) < 4.78 is 5.17. The molecule has 1 aromatic rings. The van der Waals surface area contributed by atoms with Crippen LogP contribution in [0.5, 0.6) is 5.75 Å². The van der Waals surface area contributed by atoms with E-state index in [1.807, 2.05) is 25.1 Å². The minimum Gasteiger partial charge on any atom is -0.496 e. The molecule has 0 saturated carbocycles. The van der Waals surface area contributed by atoms with Crippen LogP contribution < -0.4 is 15.4 Å². The average molecular weight is 250 g/mol. The monoisotopic (exact) mass is 250 g/mol. The van der Waals surface area contributed by atoms with Crippen LogP contribution in [0.3, 0.4) is 0 Å². The molecule has 0 spiro atoms. The molecule has 18 heavy (non-hydrogen) atoms. The minimum absolute atomic E-state index is 0.0766. The average Bonchev–Trinajstić information content (AvgIpc) is 2.26. The Balaban J connectivity index is 2.57.